The van der Waals surface area contributed by atoms with Crippen LogP contribution in [0.4, 0.5) is 5.69 Å². The second-order valence-electron chi connectivity index (χ2n) is 6.04. The van der Waals surface area contributed by atoms with Crippen LogP contribution >= 0.6 is 0 Å². The molecule has 4 rings (SSSR count). The number of benzene rings is 2. The van der Waals surface area contributed by atoms with Gasteiger partial charge in [0, 0.05) is 25.1 Å². The summed E-state index contributed by atoms with van der Waals surface area (Å²) in [6.07, 6.45) is 0.549. The lowest BCUT2D eigenvalue weighted by atomic mass is 9.77. The van der Waals surface area contributed by atoms with E-state index in [-0.39, 0.29) is 18.1 Å². The molecule has 23 heavy (non-hydrogen) atoms. The average Bonchev–Trinajstić information content (AvgIpc) is 2.63. The summed E-state index contributed by atoms with van der Waals surface area (Å²) in [7, 11) is 2.01. The number of rotatable bonds is 1. The molecule has 0 spiro atoms. The number of para-hydroxylation sites is 1. The first-order valence-electron chi connectivity index (χ1n) is 7.79. The van der Waals surface area contributed by atoms with E-state index in [4.69, 9.17) is 4.84 Å². The third kappa shape index (κ3) is 2.17. The molecule has 4 nitrogen and oxygen atoms in total. The number of nitrogens with zero attached hydrogens (tertiary/aromatic N) is 3. The van der Waals surface area contributed by atoms with Crippen molar-refractivity contribution in [1.82, 2.24) is 0 Å². The standard InChI is InChI=1S/C19H17N3O/c1-22-18-10-6-5-9-14(18)16(12-20)15-11-17(21-23-19(15)22)13-7-3-2-4-8-13/h2-10,15-16,19H,11H2,1H3/t15-,16+,19-/m0/s1. The Morgan fingerprint density at radius 1 is 1.13 bits per heavy atom. The van der Waals surface area contributed by atoms with Crippen molar-refractivity contribution in [3.63, 3.8) is 0 Å². The van der Waals surface area contributed by atoms with Crippen molar-refractivity contribution in [2.24, 2.45) is 11.1 Å². The van der Waals surface area contributed by atoms with Gasteiger partial charge in [-0.3, -0.25) is 0 Å². The van der Waals surface area contributed by atoms with E-state index in [0.29, 0.717) is 0 Å². The lowest BCUT2D eigenvalue weighted by Gasteiger charge is -2.44. The van der Waals surface area contributed by atoms with E-state index in [2.05, 4.69) is 16.1 Å². The molecule has 2 aromatic rings. The number of hydrogen-bond acceptors (Lipinski definition) is 4. The van der Waals surface area contributed by atoms with Crippen LogP contribution in [0.25, 0.3) is 0 Å². The Labute approximate surface area is 135 Å². The Balaban J connectivity index is 1.74. The fourth-order valence-electron chi connectivity index (χ4n) is 3.60. The molecule has 2 aliphatic heterocycles. The van der Waals surface area contributed by atoms with Crippen molar-refractivity contribution in [2.75, 3.05) is 11.9 Å². The fourth-order valence-corrected chi connectivity index (χ4v) is 3.60. The molecule has 0 radical (unpaired) electrons. The van der Waals surface area contributed by atoms with E-state index in [0.717, 1.165) is 28.9 Å². The monoisotopic (exact) mass is 303 g/mol. The van der Waals surface area contributed by atoms with Gasteiger partial charge in [-0.15, -0.1) is 0 Å². The molecule has 0 fully saturated rings. The number of oxime groups is 1. The Bertz CT molecular complexity index is 794. The van der Waals surface area contributed by atoms with Crippen LogP contribution in [0, 0.1) is 17.2 Å². The van der Waals surface area contributed by atoms with Crippen molar-refractivity contribution >= 4 is 11.4 Å². The lowest BCUT2D eigenvalue weighted by Crippen LogP contribution is -2.48. The molecule has 4 heteroatoms. The van der Waals surface area contributed by atoms with Crippen molar-refractivity contribution in [3.8, 4) is 6.07 Å². The molecule has 2 aliphatic rings. The SMILES string of the molecule is CN1c2ccccc2[C@@H](C#N)[C@@H]2CC(c3ccccc3)=NO[C@@H]21. The molecule has 0 saturated heterocycles. The van der Waals surface area contributed by atoms with E-state index in [1.165, 1.54) is 0 Å². The quantitative estimate of drug-likeness (QED) is 0.810. The fraction of sp³-hybridized carbons (Fsp3) is 0.263. The highest BCUT2D eigenvalue weighted by Crippen LogP contribution is 2.44. The second kappa shape index (κ2) is 5.44. The highest BCUT2D eigenvalue weighted by atomic mass is 16.7. The summed E-state index contributed by atoms with van der Waals surface area (Å²) in [5.74, 6) is -0.103. The molecular formula is C19H17N3O. The van der Waals surface area contributed by atoms with Gasteiger partial charge in [-0.1, -0.05) is 53.7 Å². The van der Waals surface area contributed by atoms with Crippen LogP contribution < -0.4 is 4.90 Å². The smallest absolute Gasteiger partial charge is 0.204 e. The van der Waals surface area contributed by atoms with Crippen molar-refractivity contribution in [3.05, 3.63) is 65.7 Å². The van der Waals surface area contributed by atoms with E-state index in [1.54, 1.807) is 0 Å². The van der Waals surface area contributed by atoms with Crippen LogP contribution in [0.5, 0.6) is 0 Å². The number of fused-ring (bicyclic) bond motifs is 2. The first kappa shape index (κ1) is 13.8. The number of hydrogen-bond donors (Lipinski definition) is 0. The highest BCUT2D eigenvalue weighted by molar-refractivity contribution is 6.00. The van der Waals surface area contributed by atoms with Crippen LogP contribution in [0.15, 0.2) is 59.8 Å². The third-order valence-corrected chi connectivity index (χ3v) is 4.77. The zero-order chi connectivity index (χ0) is 15.8. The molecule has 0 N–H and O–H groups in total. The van der Waals surface area contributed by atoms with Gasteiger partial charge < -0.3 is 9.74 Å². The van der Waals surface area contributed by atoms with Crippen LogP contribution in [0.3, 0.4) is 0 Å². The van der Waals surface area contributed by atoms with Gasteiger partial charge in [0.2, 0.25) is 6.23 Å². The molecule has 3 atom stereocenters. The Kier molecular flexibility index (Phi) is 3.27. The molecule has 2 aromatic carbocycles. The van der Waals surface area contributed by atoms with Crippen LogP contribution in [0.2, 0.25) is 0 Å². The van der Waals surface area contributed by atoms with Crippen LogP contribution in [-0.4, -0.2) is 19.0 Å². The first-order valence-corrected chi connectivity index (χ1v) is 7.79. The average molecular weight is 303 g/mol. The zero-order valence-corrected chi connectivity index (χ0v) is 12.9. The summed E-state index contributed by atoms with van der Waals surface area (Å²) in [5.41, 5.74) is 4.11. The van der Waals surface area contributed by atoms with Crippen molar-refractivity contribution < 1.29 is 4.84 Å². The maximum absolute atomic E-state index is 9.76. The third-order valence-electron chi connectivity index (χ3n) is 4.77. The summed E-state index contributed by atoms with van der Waals surface area (Å²) in [5, 5.41) is 14.1. The minimum atomic E-state index is -0.193. The maximum Gasteiger partial charge on any atom is 0.204 e. The van der Waals surface area contributed by atoms with Crippen LogP contribution in [-0.2, 0) is 4.84 Å². The van der Waals surface area contributed by atoms with E-state index < -0.39 is 0 Å². The maximum atomic E-state index is 9.76. The lowest BCUT2D eigenvalue weighted by molar-refractivity contribution is -0.00182. The van der Waals surface area contributed by atoms with Gasteiger partial charge in [0.25, 0.3) is 0 Å². The first-order chi connectivity index (χ1) is 11.3. The van der Waals surface area contributed by atoms with Gasteiger partial charge in [0.15, 0.2) is 0 Å². The molecule has 0 saturated carbocycles. The largest absolute Gasteiger partial charge is 0.370 e. The van der Waals surface area contributed by atoms with Gasteiger partial charge in [-0.25, -0.2) is 0 Å². The molecule has 114 valence electrons. The van der Waals surface area contributed by atoms with Gasteiger partial charge in [0.05, 0.1) is 17.7 Å². The van der Waals surface area contributed by atoms with E-state index >= 15 is 0 Å². The number of nitriles is 1. The minimum absolute atomic E-state index is 0.0765. The molecule has 0 aromatic heterocycles. The highest BCUT2D eigenvalue weighted by Gasteiger charge is 2.44. The van der Waals surface area contributed by atoms with E-state index in [9.17, 15) is 5.26 Å². The minimum Gasteiger partial charge on any atom is -0.370 e. The molecule has 2 heterocycles. The normalized spacial score (nSPS) is 25.5. The Morgan fingerprint density at radius 3 is 2.65 bits per heavy atom. The van der Waals surface area contributed by atoms with Crippen molar-refractivity contribution in [2.45, 2.75) is 18.6 Å². The van der Waals surface area contributed by atoms with E-state index in [1.807, 2.05) is 61.6 Å². The summed E-state index contributed by atoms with van der Waals surface area (Å²) in [6, 6.07) is 20.6. The van der Waals surface area contributed by atoms with Gasteiger partial charge in [0.1, 0.15) is 0 Å². The Morgan fingerprint density at radius 2 is 1.87 bits per heavy atom. The molecule has 0 unspecified atom stereocenters. The Hall–Kier alpha value is -2.80. The predicted octanol–water partition coefficient (Wildman–Crippen LogP) is 3.51. The topological polar surface area (TPSA) is 48.6 Å². The van der Waals surface area contributed by atoms with Gasteiger partial charge >= 0.3 is 0 Å². The molecular weight excluding hydrogens is 286 g/mol. The second-order valence-corrected chi connectivity index (χ2v) is 6.04. The van der Waals surface area contributed by atoms with Crippen LogP contribution in [0.1, 0.15) is 23.5 Å². The summed E-state index contributed by atoms with van der Waals surface area (Å²) in [4.78, 5) is 7.91. The summed E-state index contributed by atoms with van der Waals surface area (Å²) >= 11 is 0. The summed E-state index contributed by atoms with van der Waals surface area (Å²) < 4.78 is 0. The van der Waals surface area contributed by atoms with Gasteiger partial charge in [-0.05, 0) is 17.2 Å². The molecule has 0 aliphatic carbocycles. The predicted molar refractivity (Wildman–Crippen MR) is 89.2 cm³/mol. The zero-order valence-electron chi connectivity index (χ0n) is 12.9. The summed E-state index contributed by atoms with van der Waals surface area (Å²) in [6.45, 7) is 0. The molecule has 0 bridgehead atoms. The van der Waals surface area contributed by atoms with Gasteiger partial charge in [-0.2, -0.15) is 5.26 Å². The van der Waals surface area contributed by atoms with Crippen molar-refractivity contribution in [1.29, 1.82) is 5.26 Å². The molecule has 0 amide bonds. The number of anilines is 1.